The summed E-state index contributed by atoms with van der Waals surface area (Å²) in [4.78, 5) is 11.1. The molecule has 0 aliphatic carbocycles. The second-order valence-electron chi connectivity index (χ2n) is 4.01. The minimum Gasteiger partial charge on any atom is -0.478 e. The fraction of sp³-hybridized carbons (Fsp3) is 0.417. The summed E-state index contributed by atoms with van der Waals surface area (Å²) >= 11 is 3.27. The van der Waals surface area contributed by atoms with Crippen molar-refractivity contribution in [3.8, 4) is 0 Å². The molecule has 1 saturated heterocycles. The number of carboxylic acid groups (broad SMARTS) is 1. The van der Waals surface area contributed by atoms with Crippen LogP contribution in [0, 0.1) is 0 Å². The van der Waals surface area contributed by atoms with Crippen LogP contribution in [0.25, 0.3) is 0 Å². The first-order chi connectivity index (χ1) is 8.16. The van der Waals surface area contributed by atoms with E-state index >= 15 is 0 Å². The lowest BCUT2D eigenvalue weighted by Gasteiger charge is -2.13. The zero-order valence-corrected chi connectivity index (χ0v) is 10.9. The van der Waals surface area contributed by atoms with Gasteiger partial charge in [-0.3, -0.25) is 0 Å². The number of rotatable bonds is 4. The highest BCUT2D eigenvalue weighted by Crippen LogP contribution is 2.22. The van der Waals surface area contributed by atoms with Gasteiger partial charge in [-0.1, -0.05) is 15.9 Å². The van der Waals surface area contributed by atoms with Crippen LogP contribution in [0.1, 0.15) is 23.2 Å². The fourth-order valence-corrected chi connectivity index (χ4v) is 2.24. The van der Waals surface area contributed by atoms with Crippen LogP contribution in [0.3, 0.4) is 0 Å². The van der Waals surface area contributed by atoms with Gasteiger partial charge >= 0.3 is 5.97 Å². The second-order valence-corrected chi connectivity index (χ2v) is 4.93. The van der Waals surface area contributed by atoms with Crippen molar-refractivity contribution in [2.24, 2.45) is 0 Å². The Bertz CT molecular complexity index is 416. The molecular formula is C12H14BrNO3. The summed E-state index contributed by atoms with van der Waals surface area (Å²) < 4.78 is 6.24. The highest BCUT2D eigenvalue weighted by Gasteiger charge is 2.16. The first-order valence-electron chi connectivity index (χ1n) is 5.55. The van der Waals surface area contributed by atoms with Gasteiger partial charge in [0.25, 0.3) is 0 Å². The van der Waals surface area contributed by atoms with Crippen LogP contribution in [0.4, 0.5) is 5.69 Å². The van der Waals surface area contributed by atoms with Crippen molar-refractivity contribution in [3.05, 3.63) is 28.2 Å². The maximum Gasteiger partial charge on any atom is 0.337 e. The highest BCUT2D eigenvalue weighted by atomic mass is 79.9. The maximum absolute atomic E-state index is 11.1. The SMILES string of the molecule is O=C(O)c1cc(Br)ccc1NCC1CCCO1. The van der Waals surface area contributed by atoms with E-state index in [4.69, 9.17) is 9.84 Å². The molecule has 1 aliphatic heterocycles. The molecule has 2 rings (SSSR count). The van der Waals surface area contributed by atoms with E-state index < -0.39 is 5.97 Å². The van der Waals surface area contributed by atoms with E-state index in [1.165, 1.54) is 0 Å². The predicted molar refractivity (Wildman–Crippen MR) is 68.6 cm³/mol. The number of hydrogen-bond donors (Lipinski definition) is 2. The van der Waals surface area contributed by atoms with Crippen molar-refractivity contribution in [3.63, 3.8) is 0 Å². The van der Waals surface area contributed by atoms with E-state index in [2.05, 4.69) is 21.2 Å². The van der Waals surface area contributed by atoms with Gasteiger partial charge in [-0.15, -0.1) is 0 Å². The van der Waals surface area contributed by atoms with Gasteiger partial charge in [-0.2, -0.15) is 0 Å². The molecule has 1 aromatic rings. The van der Waals surface area contributed by atoms with Crippen molar-refractivity contribution >= 4 is 27.6 Å². The van der Waals surface area contributed by atoms with Crippen molar-refractivity contribution < 1.29 is 14.6 Å². The molecule has 5 heteroatoms. The number of ether oxygens (including phenoxy) is 1. The van der Waals surface area contributed by atoms with E-state index in [0.717, 1.165) is 23.9 Å². The molecule has 2 N–H and O–H groups in total. The molecule has 0 radical (unpaired) electrons. The quantitative estimate of drug-likeness (QED) is 0.897. The predicted octanol–water partition coefficient (Wildman–Crippen LogP) is 2.74. The van der Waals surface area contributed by atoms with Crippen molar-refractivity contribution in [2.45, 2.75) is 18.9 Å². The van der Waals surface area contributed by atoms with Gasteiger partial charge in [0, 0.05) is 23.3 Å². The van der Waals surface area contributed by atoms with Crippen LogP contribution < -0.4 is 5.32 Å². The Morgan fingerprint density at radius 2 is 2.41 bits per heavy atom. The zero-order valence-electron chi connectivity index (χ0n) is 9.28. The minimum absolute atomic E-state index is 0.195. The molecule has 17 heavy (non-hydrogen) atoms. The van der Waals surface area contributed by atoms with Gasteiger partial charge in [-0.05, 0) is 31.0 Å². The molecule has 0 bridgehead atoms. The first-order valence-corrected chi connectivity index (χ1v) is 6.34. The Kier molecular flexibility index (Phi) is 4.02. The summed E-state index contributed by atoms with van der Waals surface area (Å²) in [7, 11) is 0. The molecule has 0 amide bonds. The van der Waals surface area contributed by atoms with E-state index in [0.29, 0.717) is 12.2 Å². The minimum atomic E-state index is -0.929. The second kappa shape index (κ2) is 5.51. The lowest BCUT2D eigenvalue weighted by atomic mass is 10.1. The normalized spacial score (nSPS) is 19.2. The van der Waals surface area contributed by atoms with E-state index in [1.807, 2.05) is 6.07 Å². The summed E-state index contributed by atoms with van der Waals surface area (Å²) in [6, 6.07) is 5.19. The van der Waals surface area contributed by atoms with Gasteiger partial charge in [0.05, 0.1) is 11.7 Å². The third-order valence-corrected chi connectivity index (χ3v) is 3.25. The van der Waals surface area contributed by atoms with Crippen molar-refractivity contribution in [2.75, 3.05) is 18.5 Å². The molecule has 0 aromatic heterocycles. The van der Waals surface area contributed by atoms with Crippen molar-refractivity contribution in [1.82, 2.24) is 0 Å². The lowest BCUT2D eigenvalue weighted by molar-refractivity contribution is 0.0697. The largest absolute Gasteiger partial charge is 0.478 e. The summed E-state index contributed by atoms with van der Waals surface area (Å²) in [6.45, 7) is 1.46. The summed E-state index contributed by atoms with van der Waals surface area (Å²) in [5.74, 6) is -0.929. The number of nitrogens with one attached hydrogen (secondary N) is 1. The van der Waals surface area contributed by atoms with Crippen LogP contribution >= 0.6 is 15.9 Å². The molecule has 1 unspecified atom stereocenters. The first kappa shape index (κ1) is 12.4. The van der Waals surface area contributed by atoms with E-state index in [-0.39, 0.29) is 11.7 Å². The van der Waals surface area contributed by atoms with Gasteiger partial charge in [0.2, 0.25) is 0 Å². The molecule has 4 nitrogen and oxygen atoms in total. The molecule has 0 saturated carbocycles. The Labute approximate surface area is 108 Å². The van der Waals surface area contributed by atoms with Crippen LogP contribution in [0.5, 0.6) is 0 Å². The summed E-state index contributed by atoms with van der Waals surface area (Å²) in [5.41, 5.74) is 0.911. The number of benzene rings is 1. The smallest absolute Gasteiger partial charge is 0.337 e. The summed E-state index contributed by atoms with van der Waals surface area (Å²) in [6.07, 6.45) is 2.31. The molecule has 1 heterocycles. The van der Waals surface area contributed by atoms with Crippen LogP contribution in [-0.4, -0.2) is 30.3 Å². The molecule has 0 spiro atoms. The van der Waals surface area contributed by atoms with Crippen LogP contribution in [0.2, 0.25) is 0 Å². The van der Waals surface area contributed by atoms with Gasteiger partial charge in [0.15, 0.2) is 0 Å². The van der Waals surface area contributed by atoms with Gasteiger partial charge in [0.1, 0.15) is 0 Å². The molecule has 1 aromatic carbocycles. The lowest BCUT2D eigenvalue weighted by Crippen LogP contribution is -2.19. The average molecular weight is 300 g/mol. The molecule has 1 aliphatic rings. The Hall–Kier alpha value is -1.07. The molecular weight excluding hydrogens is 286 g/mol. The third kappa shape index (κ3) is 3.20. The molecule has 1 fully saturated rings. The van der Waals surface area contributed by atoms with E-state index in [9.17, 15) is 4.79 Å². The maximum atomic E-state index is 11.1. The number of carboxylic acids is 1. The number of hydrogen-bond acceptors (Lipinski definition) is 3. The molecule has 92 valence electrons. The Morgan fingerprint density at radius 3 is 3.06 bits per heavy atom. The van der Waals surface area contributed by atoms with E-state index in [1.54, 1.807) is 12.1 Å². The van der Waals surface area contributed by atoms with Gasteiger partial charge < -0.3 is 15.2 Å². The average Bonchev–Trinajstić information content (AvgIpc) is 2.80. The topological polar surface area (TPSA) is 58.6 Å². The van der Waals surface area contributed by atoms with Crippen LogP contribution in [-0.2, 0) is 4.74 Å². The zero-order chi connectivity index (χ0) is 12.3. The molecule has 1 atom stereocenters. The fourth-order valence-electron chi connectivity index (χ4n) is 1.88. The highest BCUT2D eigenvalue weighted by molar-refractivity contribution is 9.10. The number of aromatic carboxylic acids is 1. The van der Waals surface area contributed by atoms with Crippen LogP contribution in [0.15, 0.2) is 22.7 Å². The number of anilines is 1. The Balaban J connectivity index is 2.06. The Morgan fingerprint density at radius 1 is 1.59 bits per heavy atom. The third-order valence-electron chi connectivity index (χ3n) is 2.76. The number of halogens is 1. The van der Waals surface area contributed by atoms with Crippen molar-refractivity contribution in [1.29, 1.82) is 0 Å². The van der Waals surface area contributed by atoms with Gasteiger partial charge in [-0.25, -0.2) is 4.79 Å². The number of carbonyl (C=O) groups is 1. The monoisotopic (exact) mass is 299 g/mol. The standard InChI is InChI=1S/C12H14BrNO3/c13-8-3-4-11(10(6-8)12(15)16)14-7-9-2-1-5-17-9/h3-4,6,9,14H,1-2,5,7H2,(H,15,16). The summed E-state index contributed by atoms with van der Waals surface area (Å²) in [5, 5.41) is 12.2.